The first kappa shape index (κ1) is 18.4. The Morgan fingerprint density at radius 1 is 1.00 bits per heavy atom. The zero-order chi connectivity index (χ0) is 19.5. The summed E-state index contributed by atoms with van der Waals surface area (Å²) in [6.45, 7) is 3.79. The molecular formula is C24H26N2O2. The number of aryl methyl sites for hydroxylation is 1. The molecular weight excluding hydrogens is 348 g/mol. The van der Waals surface area contributed by atoms with E-state index in [1.165, 1.54) is 6.42 Å². The van der Waals surface area contributed by atoms with E-state index in [0.29, 0.717) is 0 Å². The predicted molar refractivity (Wildman–Crippen MR) is 115 cm³/mol. The van der Waals surface area contributed by atoms with Crippen molar-refractivity contribution in [1.29, 1.82) is 0 Å². The highest BCUT2D eigenvalue weighted by Gasteiger charge is 2.21. The molecule has 1 fully saturated rings. The maximum atomic E-state index is 13.2. The Bertz CT molecular complexity index is 1010. The number of nitrogens with one attached hydrogen (secondary N) is 1. The first-order chi connectivity index (χ1) is 13.7. The number of likely N-dealkylation sites (tertiary alicyclic amines) is 1. The lowest BCUT2D eigenvalue weighted by Crippen LogP contribution is -2.35. The quantitative estimate of drug-likeness (QED) is 0.653. The van der Waals surface area contributed by atoms with E-state index >= 15 is 0 Å². The number of carbonyl (C=O) groups excluding carboxylic acids is 1. The van der Waals surface area contributed by atoms with E-state index in [2.05, 4.69) is 24.4 Å². The molecule has 0 unspecified atom stereocenters. The molecule has 0 atom stereocenters. The van der Waals surface area contributed by atoms with E-state index in [1.54, 1.807) is 7.11 Å². The normalized spacial score (nSPS) is 14.1. The summed E-state index contributed by atoms with van der Waals surface area (Å²) in [6.07, 6.45) is 3.41. The molecule has 4 rings (SSSR count). The summed E-state index contributed by atoms with van der Waals surface area (Å²) in [5.41, 5.74) is 3.86. The van der Waals surface area contributed by atoms with Crippen molar-refractivity contribution >= 4 is 28.1 Å². The van der Waals surface area contributed by atoms with Crippen LogP contribution in [-0.4, -0.2) is 31.0 Å². The summed E-state index contributed by atoms with van der Waals surface area (Å²) in [5, 5.41) is 5.58. The molecule has 28 heavy (non-hydrogen) atoms. The molecule has 3 aromatic rings. The molecule has 4 nitrogen and oxygen atoms in total. The van der Waals surface area contributed by atoms with Gasteiger partial charge in [0.15, 0.2) is 0 Å². The molecule has 0 spiro atoms. The molecule has 3 aromatic carbocycles. The van der Waals surface area contributed by atoms with Crippen LogP contribution in [0.4, 0.5) is 11.4 Å². The van der Waals surface area contributed by atoms with Gasteiger partial charge in [0.25, 0.3) is 5.91 Å². The van der Waals surface area contributed by atoms with Crippen LogP contribution in [0.1, 0.15) is 35.2 Å². The molecule has 4 heteroatoms. The second-order valence-electron chi connectivity index (χ2n) is 7.37. The van der Waals surface area contributed by atoms with Crippen LogP contribution in [-0.2, 0) is 0 Å². The monoisotopic (exact) mass is 374 g/mol. The van der Waals surface area contributed by atoms with Crippen molar-refractivity contribution in [3.05, 3.63) is 65.7 Å². The van der Waals surface area contributed by atoms with Gasteiger partial charge in [-0.15, -0.1) is 0 Å². The molecule has 0 aromatic heterocycles. The van der Waals surface area contributed by atoms with Crippen LogP contribution in [0.5, 0.6) is 5.75 Å². The van der Waals surface area contributed by atoms with Crippen molar-refractivity contribution in [1.82, 2.24) is 4.90 Å². The summed E-state index contributed by atoms with van der Waals surface area (Å²) >= 11 is 0. The molecule has 1 amide bonds. The molecule has 0 bridgehead atoms. The lowest BCUT2D eigenvalue weighted by Gasteiger charge is -2.27. The first-order valence-electron chi connectivity index (χ1n) is 9.90. The van der Waals surface area contributed by atoms with Gasteiger partial charge in [-0.05, 0) is 61.4 Å². The lowest BCUT2D eigenvalue weighted by molar-refractivity contribution is 0.0726. The van der Waals surface area contributed by atoms with E-state index in [0.717, 1.165) is 65.0 Å². The average molecular weight is 374 g/mol. The van der Waals surface area contributed by atoms with Crippen LogP contribution in [0, 0.1) is 6.92 Å². The van der Waals surface area contributed by atoms with Gasteiger partial charge in [0, 0.05) is 41.5 Å². The SMILES string of the molecule is COc1cccc(Nc2ccc(C(=O)N3CCCCC3)c3c(C)cccc23)c1. The number of fused-ring (bicyclic) bond motifs is 1. The maximum absolute atomic E-state index is 13.2. The molecule has 0 radical (unpaired) electrons. The zero-order valence-corrected chi connectivity index (χ0v) is 16.5. The van der Waals surface area contributed by atoms with Gasteiger partial charge < -0.3 is 15.0 Å². The van der Waals surface area contributed by atoms with Gasteiger partial charge in [0.1, 0.15) is 5.75 Å². The molecule has 1 aliphatic rings. The van der Waals surface area contributed by atoms with Crippen LogP contribution < -0.4 is 10.1 Å². The third kappa shape index (κ3) is 3.55. The fraction of sp³-hybridized carbons (Fsp3) is 0.292. The number of benzene rings is 3. The highest BCUT2D eigenvalue weighted by atomic mass is 16.5. The van der Waals surface area contributed by atoms with Gasteiger partial charge in [-0.25, -0.2) is 0 Å². The Kier molecular flexibility index (Phi) is 5.20. The molecule has 0 aliphatic carbocycles. The Balaban J connectivity index is 1.76. The van der Waals surface area contributed by atoms with E-state index in [-0.39, 0.29) is 5.91 Å². The number of methoxy groups -OCH3 is 1. The Morgan fingerprint density at radius 2 is 1.79 bits per heavy atom. The minimum atomic E-state index is 0.145. The smallest absolute Gasteiger partial charge is 0.254 e. The van der Waals surface area contributed by atoms with E-state index in [4.69, 9.17) is 4.74 Å². The number of piperidine rings is 1. The number of carbonyl (C=O) groups is 1. The average Bonchev–Trinajstić information content (AvgIpc) is 2.74. The fourth-order valence-corrected chi connectivity index (χ4v) is 4.00. The fourth-order valence-electron chi connectivity index (χ4n) is 4.00. The van der Waals surface area contributed by atoms with Crippen LogP contribution in [0.3, 0.4) is 0 Å². The van der Waals surface area contributed by atoms with Crippen LogP contribution in [0.2, 0.25) is 0 Å². The van der Waals surface area contributed by atoms with Crippen molar-refractivity contribution in [2.24, 2.45) is 0 Å². The predicted octanol–water partition coefficient (Wildman–Crippen LogP) is 5.53. The number of nitrogens with zero attached hydrogens (tertiary/aromatic N) is 1. The Morgan fingerprint density at radius 3 is 2.57 bits per heavy atom. The molecule has 144 valence electrons. The Labute approximate surface area is 166 Å². The third-order valence-corrected chi connectivity index (χ3v) is 5.47. The zero-order valence-electron chi connectivity index (χ0n) is 16.5. The number of hydrogen-bond acceptors (Lipinski definition) is 3. The van der Waals surface area contributed by atoms with Crippen molar-refractivity contribution in [3.63, 3.8) is 0 Å². The van der Waals surface area contributed by atoms with Gasteiger partial charge in [-0.1, -0.05) is 24.3 Å². The summed E-state index contributed by atoms with van der Waals surface area (Å²) < 4.78 is 5.33. The minimum Gasteiger partial charge on any atom is -0.497 e. The Hall–Kier alpha value is -3.01. The number of ether oxygens (including phenoxy) is 1. The topological polar surface area (TPSA) is 41.6 Å². The largest absolute Gasteiger partial charge is 0.497 e. The molecule has 0 saturated carbocycles. The summed E-state index contributed by atoms with van der Waals surface area (Å²) in [7, 11) is 1.67. The van der Waals surface area contributed by atoms with Crippen molar-refractivity contribution < 1.29 is 9.53 Å². The van der Waals surface area contributed by atoms with Crippen LogP contribution >= 0.6 is 0 Å². The summed E-state index contributed by atoms with van der Waals surface area (Å²) in [5.74, 6) is 0.953. The van der Waals surface area contributed by atoms with Gasteiger partial charge >= 0.3 is 0 Å². The van der Waals surface area contributed by atoms with Gasteiger partial charge in [-0.2, -0.15) is 0 Å². The second kappa shape index (κ2) is 7.93. The number of rotatable bonds is 4. The number of anilines is 2. The first-order valence-corrected chi connectivity index (χ1v) is 9.90. The van der Waals surface area contributed by atoms with E-state index < -0.39 is 0 Å². The highest BCUT2D eigenvalue weighted by Crippen LogP contribution is 2.33. The van der Waals surface area contributed by atoms with Gasteiger partial charge in [0.05, 0.1) is 7.11 Å². The molecule has 1 heterocycles. The standard InChI is InChI=1S/C24H26N2O2/c1-17-8-6-11-20-22(25-18-9-7-10-19(16-18)28-2)13-12-21(23(17)20)24(27)26-14-4-3-5-15-26/h6-13,16,25H,3-5,14-15H2,1-2H3. The maximum Gasteiger partial charge on any atom is 0.254 e. The number of amides is 1. The molecule has 1 N–H and O–H groups in total. The van der Waals surface area contributed by atoms with E-state index in [1.807, 2.05) is 47.4 Å². The highest BCUT2D eigenvalue weighted by molar-refractivity contribution is 6.11. The van der Waals surface area contributed by atoms with Crippen LogP contribution in [0.15, 0.2) is 54.6 Å². The molecule has 1 saturated heterocycles. The third-order valence-electron chi connectivity index (χ3n) is 5.47. The van der Waals surface area contributed by atoms with Crippen molar-refractivity contribution in [3.8, 4) is 5.75 Å². The molecule has 1 aliphatic heterocycles. The van der Waals surface area contributed by atoms with Crippen molar-refractivity contribution in [2.45, 2.75) is 26.2 Å². The van der Waals surface area contributed by atoms with Gasteiger partial charge in [0.2, 0.25) is 0 Å². The second-order valence-corrected chi connectivity index (χ2v) is 7.37. The lowest BCUT2D eigenvalue weighted by atomic mass is 9.97. The minimum absolute atomic E-state index is 0.145. The number of hydrogen-bond donors (Lipinski definition) is 1. The van der Waals surface area contributed by atoms with Gasteiger partial charge in [-0.3, -0.25) is 4.79 Å². The summed E-state index contributed by atoms with van der Waals surface area (Å²) in [6, 6.07) is 18.0. The van der Waals surface area contributed by atoms with E-state index in [9.17, 15) is 4.79 Å². The van der Waals surface area contributed by atoms with Crippen LogP contribution in [0.25, 0.3) is 10.8 Å². The summed E-state index contributed by atoms with van der Waals surface area (Å²) in [4.78, 5) is 15.2. The van der Waals surface area contributed by atoms with Crippen molar-refractivity contribution in [2.75, 3.05) is 25.5 Å².